The van der Waals surface area contributed by atoms with E-state index in [1.807, 2.05) is 19.1 Å². The first kappa shape index (κ1) is 16.0. The van der Waals surface area contributed by atoms with Crippen molar-refractivity contribution in [3.63, 3.8) is 0 Å². The topological polar surface area (TPSA) is 102 Å². The quantitative estimate of drug-likeness (QED) is 0.715. The van der Waals surface area contributed by atoms with E-state index in [2.05, 4.69) is 25.1 Å². The maximum absolute atomic E-state index is 11.8. The average molecular weight is 336 g/mol. The summed E-state index contributed by atoms with van der Waals surface area (Å²) in [7, 11) is -3.13. The maximum Gasteiger partial charge on any atom is 0.214 e. The Kier molecular flexibility index (Phi) is 4.69. The van der Waals surface area contributed by atoms with Crippen molar-refractivity contribution in [3.8, 4) is 5.82 Å². The maximum atomic E-state index is 11.8. The minimum atomic E-state index is -3.13. The minimum Gasteiger partial charge on any atom is -0.309 e. The van der Waals surface area contributed by atoms with Crippen LogP contribution in [0.1, 0.15) is 25.3 Å². The molecule has 0 aliphatic heterocycles. The van der Waals surface area contributed by atoms with Gasteiger partial charge in [0, 0.05) is 30.9 Å². The molecule has 1 fully saturated rings. The monoisotopic (exact) mass is 336 g/mol. The highest BCUT2D eigenvalue weighted by Gasteiger charge is 2.35. The Morgan fingerprint density at radius 1 is 1.43 bits per heavy atom. The van der Waals surface area contributed by atoms with E-state index in [4.69, 9.17) is 0 Å². The number of sulfonamides is 1. The summed E-state index contributed by atoms with van der Waals surface area (Å²) >= 11 is 0. The molecule has 0 amide bonds. The van der Waals surface area contributed by atoms with Crippen molar-refractivity contribution in [2.45, 2.75) is 37.6 Å². The van der Waals surface area contributed by atoms with Crippen molar-refractivity contribution in [2.75, 3.05) is 6.54 Å². The summed E-state index contributed by atoms with van der Waals surface area (Å²) in [5.74, 6) is 0.711. The van der Waals surface area contributed by atoms with Gasteiger partial charge in [-0.2, -0.15) is 5.10 Å². The Morgan fingerprint density at radius 2 is 2.26 bits per heavy atom. The Hall–Kier alpha value is -1.84. The van der Waals surface area contributed by atoms with E-state index in [9.17, 15) is 8.42 Å². The van der Waals surface area contributed by atoms with Gasteiger partial charge in [-0.05, 0) is 25.8 Å². The fourth-order valence-electron chi connectivity index (χ4n) is 2.19. The molecule has 23 heavy (non-hydrogen) atoms. The van der Waals surface area contributed by atoms with Crippen LogP contribution >= 0.6 is 0 Å². The summed E-state index contributed by atoms with van der Waals surface area (Å²) in [5, 5.41) is 7.21. The summed E-state index contributed by atoms with van der Waals surface area (Å²) in [5.41, 5.74) is 0.968. The summed E-state index contributed by atoms with van der Waals surface area (Å²) < 4.78 is 27.9. The fourth-order valence-corrected chi connectivity index (χ4v) is 3.66. The SMILES string of the molecule is CC(CNS(=O)(=O)C1CC1)NCc1cccnc1-n1cncn1. The van der Waals surface area contributed by atoms with Crippen molar-refractivity contribution in [2.24, 2.45) is 0 Å². The highest BCUT2D eigenvalue weighted by molar-refractivity contribution is 7.90. The van der Waals surface area contributed by atoms with Crippen LogP contribution in [0.3, 0.4) is 0 Å². The van der Waals surface area contributed by atoms with Crippen molar-refractivity contribution in [1.29, 1.82) is 0 Å². The summed E-state index contributed by atoms with van der Waals surface area (Å²) in [6.45, 7) is 2.88. The van der Waals surface area contributed by atoms with E-state index in [0.29, 0.717) is 18.9 Å². The number of pyridine rings is 1. The Morgan fingerprint density at radius 3 is 2.96 bits per heavy atom. The zero-order chi connectivity index (χ0) is 16.3. The second-order valence-corrected chi connectivity index (χ2v) is 7.75. The van der Waals surface area contributed by atoms with Gasteiger partial charge in [0.15, 0.2) is 5.82 Å². The number of nitrogens with zero attached hydrogens (tertiary/aromatic N) is 4. The van der Waals surface area contributed by atoms with Gasteiger partial charge >= 0.3 is 0 Å². The lowest BCUT2D eigenvalue weighted by Gasteiger charge is -2.16. The molecule has 124 valence electrons. The normalized spacial score (nSPS) is 16.4. The van der Waals surface area contributed by atoms with Crippen LogP contribution in [-0.2, 0) is 16.6 Å². The average Bonchev–Trinajstić information content (AvgIpc) is 3.28. The smallest absolute Gasteiger partial charge is 0.214 e. The van der Waals surface area contributed by atoms with Crippen LogP contribution < -0.4 is 10.0 Å². The first-order valence-electron chi connectivity index (χ1n) is 7.57. The standard InChI is InChI=1S/C14H20N6O2S/c1-11(7-19-23(21,22)13-4-5-13)17-8-12-3-2-6-16-14(12)20-10-15-9-18-20/h2-3,6,9-11,13,17,19H,4-5,7-8H2,1H3. The molecule has 2 aromatic rings. The van der Waals surface area contributed by atoms with Crippen LogP contribution in [0.2, 0.25) is 0 Å². The molecule has 0 aromatic carbocycles. The van der Waals surface area contributed by atoms with E-state index in [-0.39, 0.29) is 11.3 Å². The molecule has 2 heterocycles. The number of hydrogen-bond acceptors (Lipinski definition) is 6. The third-order valence-electron chi connectivity index (χ3n) is 3.70. The molecule has 8 nitrogen and oxygen atoms in total. The van der Waals surface area contributed by atoms with E-state index >= 15 is 0 Å². The second-order valence-electron chi connectivity index (χ2n) is 5.70. The van der Waals surface area contributed by atoms with Gasteiger partial charge in [-0.3, -0.25) is 0 Å². The molecule has 1 aliphatic carbocycles. The van der Waals surface area contributed by atoms with Gasteiger partial charge < -0.3 is 5.32 Å². The predicted octanol–water partition coefficient (Wildman–Crippen LogP) is 0.222. The third kappa shape index (κ3) is 4.12. The van der Waals surface area contributed by atoms with Gasteiger partial charge in [-0.15, -0.1) is 0 Å². The van der Waals surface area contributed by atoms with Gasteiger partial charge in [-0.1, -0.05) is 6.07 Å². The molecule has 2 N–H and O–H groups in total. The third-order valence-corrected chi connectivity index (χ3v) is 5.62. The number of hydrogen-bond donors (Lipinski definition) is 2. The first-order valence-corrected chi connectivity index (χ1v) is 9.11. The molecule has 9 heteroatoms. The van der Waals surface area contributed by atoms with Crippen molar-refractivity contribution < 1.29 is 8.42 Å². The van der Waals surface area contributed by atoms with Crippen LogP contribution in [0.5, 0.6) is 0 Å². The molecule has 1 atom stereocenters. The summed E-state index contributed by atoms with van der Waals surface area (Å²) in [6, 6.07) is 3.82. The van der Waals surface area contributed by atoms with E-state index < -0.39 is 10.0 Å². The zero-order valence-corrected chi connectivity index (χ0v) is 13.7. The second kappa shape index (κ2) is 6.73. The van der Waals surface area contributed by atoms with Gasteiger partial charge in [0.1, 0.15) is 12.7 Å². The van der Waals surface area contributed by atoms with Crippen LogP contribution in [0.4, 0.5) is 0 Å². The number of nitrogens with one attached hydrogen (secondary N) is 2. The molecule has 1 saturated carbocycles. The van der Waals surface area contributed by atoms with E-state index in [0.717, 1.165) is 18.4 Å². The lowest BCUT2D eigenvalue weighted by atomic mass is 10.2. The molecule has 1 unspecified atom stereocenters. The summed E-state index contributed by atoms with van der Waals surface area (Å²) in [4.78, 5) is 8.25. The van der Waals surface area contributed by atoms with Gasteiger partial charge in [0.2, 0.25) is 10.0 Å². The Balaban J connectivity index is 1.56. The predicted molar refractivity (Wildman–Crippen MR) is 85.4 cm³/mol. The number of aromatic nitrogens is 4. The lowest BCUT2D eigenvalue weighted by molar-refractivity contribution is 0.522. The van der Waals surface area contributed by atoms with Crippen LogP contribution in [0, 0.1) is 0 Å². The van der Waals surface area contributed by atoms with Gasteiger partial charge in [-0.25, -0.2) is 27.8 Å². The van der Waals surface area contributed by atoms with Crippen LogP contribution in [0.25, 0.3) is 5.82 Å². The van der Waals surface area contributed by atoms with Crippen molar-refractivity contribution in [3.05, 3.63) is 36.5 Å². The molecular weight excluding hydrogens is 316 g/mol. The van der Waals surface area contributed by atoms with Crippen LogP contribution in [0.15, 0.2) is 31.0 Å². The Labute approximate surface area is 135 Å². The number of rotatable bonds is 8. The zero-order valence-electron chi connectivity index (χ0n) is 12.9. The summed E-state index contributed by atoms with van der Waals surface area (Å²) in [6.07, 6.45) is 6.30. The molecule has 0 bridgehead atoms. The van der Waals surface area contributed by atoms with Crippen molar-refractivity contribution >= 4 is 10.0 Å². The van der Waals surface area contributed by atoms with E-state index in [1.54, 1.807) is 17.2 Å². The fraction of sp³-hybridized carbons (Fsp3) is 0.500. The first-order chi connectivity index (χ1) is 11.1. The van der Waals surface area contributed by atoms with E-state index in [1.165, 1.54) is 6.33 Å². The minimum absolute atomic E-state index is 0.00678. The highest BCUT2D eigenvalue weighted by Crippen LogP contribution is 2.27. The molecule has 0 saturated heterocycles. The molecule has 0 spiro atoms. The molecule has 1 aliphatic rings. The molecule has 0 radical (unpaired) electrons. The largest absolute Gasteiger partial charge is 0.309 e. The lowest BCUT2D eigenvalue weighted by Crippen LogP contribution is -2.40. The Bertz CT molecular complexity index is 742. The van der Waals surface area contributed by atoms with Gasteiger partial charge in [0.25, 0.3) is 0 Å². The van der Waals surface area contributed by atoms with Crippen molar-refractivity contribution in [1.82, 2.24) is 29.8 Å². The molecule has 3 rings (SSSR count). The van der Waals surface area contributed by atoms with Gasteiger partial charge in [0.05, 0.1) is 5.25 Å². The van der Waals surface area contributed by atoms with Crippen LogP contribution in [-0.4, -0.2) is 46.0 Å². The molecular formula is C14H20N6O2S. The highest BCUT2D eigenvalue weighted by atomic mass is 32.2. The molecule has 2 aromatic heterocycles.